The topological polar surface area (TPSA) is 60.9 Å². The van der Waals surface area contributed by atoms with Crippen LogP contribution in [-0.4, -0.2) is 61.9 Å². The summed E-state index contributed by atoms with van der Waals surface area (Å²) in [5, 5.41) is 3.92. The Hall–Kier alpha value is -1.44. The van der Waals surface area contributed by atoms with Gasteiger partial charge in [0.15, 0.2) is 0 Å². The largest absolute Gasteiger partial charge is 0.278 e. The number of benzene rings is 1. The van der Waals surface area contributed by atoms with Crippen molar-refractivity contribution in [3.8, 4) is 0 Å². The van der Waals surface area contributed by atoms with Crippen LogP contribution < -0.4 is 0 Å². The van der Waals surface area contributed by atoms with Gasteiger partial charge in [-0.1, -0.05) is 31.0 Å². The lowest BCUT2D eigenvalue weighted by Gasteiger charge is -2.35. The summed E-state index contributed by atoms with van der Waals surface area (Å²) in [6.07, 6.45) is 6.83. The number of nitrogens with zero attached hydrogens (tertiary/aromatic N) is 3. The summed E-state index contributed by atoms with van der Waals surface area (Å²) >= 11 is 0. The van der Waals surface area contributed by atoms with Crippen LogP contribution in [0.25, 0.3) is 0 Å². The third-order valence-corrected chi connectivity index (χ3v) is 7.57. The highest BCUT2D eigenvalue weighted by molar-refractivity contribution is 7.89. The van der Waals surface area contributed by atoms with Crippen LogP contribution in [0, 0.1) is 5.92 Å². The van der Waals surface area contributed by atoms with Crippen LogP contribution in [0.2, 0.25) is 0 Å². The Morgan fingerprint density at radius 3 is 2.37 bits per heavy atom. The zero-order valence-corrected chi connectivity index (χ0v) is 17.0. The number of hydrogen-bond donors (Lipinski definition) is 0. The van der Waals surface area contributed by atoms with Crippen LogP contribution in [0.4, 0.5) is 0 Å². The number of piperidine rings is 1. The second-order valence-corrected chi connectivity index (χ2v) is 9.61. The lowest BCUT2D eigenvalue weighted by Crippen LogP contribution is -2.46. The summed E-state index contributed by atoms with van der Waals surface area (Å²) in [6, 6.07) is 8.58. The molecule has 0 radical (unpaired) electrons. The molecule has 0 spiro atoms. The van der Waals surface area contributed by atoms with E-state index in [1.165, 1.54) is 12.8 Å². The SMILES string of the molecule is CN(C(=O)CC1CCCN(S(=O)(=O)c2ccccc2)C1)N1CCCCCC1. The van der Waals surface area contributed by atoms with Crippen molar-refractivity contribution in [1.82, 2.24) is 14.3 Å². The van der Waals surface area contributed by atoms with Gasteiger partial charge in [0, 0.05) is 39.6 Å². The molecule has 1 atom stereocenters. The first-order valence-corrected chi connectivity index (χ1v) is 11.5. The van der Waals surface area contributed by atoms with E-state index in [2.05, 4.69) is 5.01 Å². The van der Waals surface area contributed by atoms with Gasteiger partial charge in [-0.15, -0.1) is 0 Å². The van der Waals surface area contributed by atoms with Crippen molar-refractivity contribution in [3.05, 3.63) is 30.3 Å². The number of rotatable bonds is 5. The molecule has 0 saturated carbocycles. The van der Waals surface area contributed by atoms with E-state index in [-0.39, 0.29) is 11.8 Å². The fourth-order valence-electron chi connectivity index (χ4n) is 4.04. The summed E-state index contributed by atoms with van der Waals surface area (Å²) in [4.78, 5) is 13.1. The van der Waals surface area contributed by atoms with Gasteiger partial charge in [-0.3, -0.25) is 9.80 Å². The second kappa shape index (κ2) is 9.17. The van der Waals surface area contributed by atoms with Crippen molar-refractivity contribution in [3.63, 3.8) is 0 Å². The predicted molar refractivity (Wildman–Crippen MR) is 105 cm³/mol. The van der Waals surface area contributed by atoms with E-state index in [0.29, 0.717) is 24.4 Å². The highest BCUT2D eigenvalue weighted by atomic mass is 32.2. The minimum Gasteiger partial charge on any atom is -0.278 e. The van der Waals surface area contributed by atoms with E-state index < -0.39 is 10.0 Å². The lowest BCUT2D eigenvalue weighted by molar-refractivity contribution is -0.147. The third kappa shape index (κ3) is 5.09. The van der Waals surface area contributed by atoms with E-state index in [1.54, 1.807) is 33.6 Å². The smallest absolute Gasteiger partial charge is 0.243 e. The van der Waals surface area contributed by atoms with Crippen molar-refractivity contribution in [2.24, 2.45) is 5.92 Å². The van der Waals surface area contributed by atoms with Gasteiger partial charge in [0.2, 0.25) is 15.9 Å². The molecule has 2 fully saturated rings. The van der Waals surface area contributed by atoms with Crippen LogP contribution >= 0.6 is 0 Å². The first-order chi connectivity index (χ1) is 13.0. The van der Waals surface area contributed by atoms with Gasteiger partial charge in [-0.05, 0) is 43.7 Å². The van der Waals surface area contributed by atoms with Crippen molar-refractivity contribution in [2.75, 3.05) is 33.2 Å². The number of hydrazine groups is 1. The molecule has 3 rings (SSSR count). The lowest BCUT2D eigenvalue weighted by atomic mass is 9.96. The number of carbonyl (C=O) groups is 1. The summed E-state index contributed by atoms with van der Waals surface area (Å²) in [7, 11) is -1.62. The normalized spacial score (nSPS) is 22.9. The van der Waals surface area contributed by atoms with Crippen molar-refractivity contribution in [1.29, 1.82) is 0 Å². The second-order valence-electron chi connectivity index (χ2n) is 7.67. The third-order valence-electron chi connectivity index (χ3n) is 5.69. The predicted octanol–water partition coefficient (Wildman–Crippen LogP) is 2.73. The molecule has 2 saturated heterocycles. The van der Waals surface area contributed by atoms with Crippen molar-refractivity contribution in [2.45, 2.75) is 49.8 Å². The summed E-state index contributed by atoms with van der Waals surface area (Å²) in [5.41, 5.74) is 0. The summed E-state index contributed by atoms with van der Waals surface area (Å²) < 4.78 is 27.3. The molecule has 2 aliphatic rings. The van der Waals surface area contributed by atoms with E-state index in [0.717, 1.165) is 38.8 Å². The molecule has 0 aromatic heterocycles. The molecule has 27 heavy (non-hydrogen) atoms. The fourth-order valence-corrected chi connectivity index (χ4v) is 5.62. The molecule has 6 nitrogen and oxygen atoms in total. The standard InChI is InChI=1S/C20H31N3O3S/c1-21(22-13-7-2-3-8-14-22)20(24)16-18-10-9-15-23(17-18)27(25,26)19-11-5-4-6-12-19/h4-6,11-12,18H,2-3,7-10,13-17H2,1H3. The van der Waals surface area contributed by atoms with Crippen molar-refractivity contribution < 1.29 is 13.2 Å². The zero-order chi connectivity index (χ0) is 19.3. The quantitative estimate of drug-likeness (QED) is 0.772. The summed E-state index contributed by atoms with van der Waals surface area (Å²) in [5.74, 6) is 0.181. The van der Waals surface area contributed by atoms with Crippen LogP contribution in [-0.2, 0) is 14.8 Å². The molecule has 1 aromatic carbocycles. The van der Waals surface area contributed by atoms with Gasteiger partial charge >= 0.3 is 0 Å². The number of hydrogen-bond acceptors (Lipinski definition) is 4. The van der Waals surface area contributed by atoms with Gasteiger partial charge in [-0.2, -0.15) is 4.31 Å². The molecular weight excluding hydrogens is 362 g/mol. The van der Waals surface area contributed by atoms with Gasteiger partial charge in [0.05, 0.1) is 4.90 Å². The minimum absolute atomic E-state index is 0.0826. The molecule has 150 valence electrons. The first kappa shape index (κ1) is 20.3. The maximum absolute atomic E-state index is 12.9. The average Bonchev–Trinajstić information content (AvgIpc) is 2.98. The zero-order valence-electron chi connectivity index (χ0n) is 16.2. The number of sulfonamides is 1. The van der Waals surface area contributed by atoms with E-state index >= 15 is 0 Å². The van der Waals surface area contributed by atoms with Gasteiger partial charge < -0.3 is 0 Å². The molecule has 2 aliphatic heterocycles. The molecule has 2 heterocycles. The Bertz CT molecular complexity index is 715. The average molecular weight is 394 g/mol. The van der Waals surface area contributed by atoms with Crippen LogP contribution in [0.15, 0.2) is 35.2 Å². The molecule has 1 unspecified atom stereocenters. The van der Waals surface area contributed by atoms with Crippen molar-refractivity contribution >= 4 is 15.9 Å². The van der Waals surface area contributed by atoms with Crippen LogP contribution in [0.1, 0.15) is 44.9 Å². The number of carbonyl (C=O) groups excluding carboxylic acids is 1. The van der Waals surface area contributed by atoms with E-state index in [1.807, 2.05) is 13.1 Å². The number of amides is 1. The Morgan fingerprint density at radius 1 is 1.04 bits per heavy atom. The maximum atomic E-state index is 12.9. The Morgan fingerprint density at radius 2 is 1.70 bits per heavy atom. The Balaban J connectivity index is 1.60. The minimum atomic E-state index is -3.48. The summed E-state index contributed by atoms with van der Waals surface area (Å²) in [6.45, 7) is 2.82. The molecule has 1 amide bonds. The first-order valence-electron chi connectivity index (χ1n) is 10.0. The molecule has 0 bridgehead atoms. The van der Waals surface area contributed by atoms with E-state index in [4.69, 9.17) is 0 Å². The van der Waals surface area contributed by atoms with Gasteiger partial charge in [-0.25, -0.2) is 13.4 Å². The molecule has 7 heteroatoms. The van der Waals surface area contributed by atoms with Crippen LogP contribution in [0.3, 0.4) is 0 Å². The van der Waals surface area contributed by atoms with Gasteiger partial charge in [0.1, 0.15) is 0 Å². The monoisotopic (exact) mass is 393 g/mol. The van der Waals surface area contributed by atoms with Crippen LogP contribution in [0.5, 0.6) is 0 Å². The maximum Gasteiger partial charge on any atom is 0.243 e. The van der Waals surface area contributed by atoms with Gasteiger partial charge in [0.25, 0.3) is 0 Å². The molecular formula is C20H31N3O3S. The fraction of sp³-hybridized carbons (Fsp3) is 0.650. The molecule has 1 aromatic rings. The molecule has 0 N–H and O–H groups in total. The molecule has 0 aliphatic carbocycles. The highest BCUT2D eigenvalue weighted by Crippen LogP contribution is 2.26. The Labute approximate surface area is 163 Å². The Kier molecular flexibility index (Phi) is 6.89. The highest BCUT2D eigenvalue weighted by Gasteiger charge is 2.32. The van der Waals surface area contributed by atoms with E-state index in [9.17, 15) is 13.2 Å².